The van der Waals surface area contributed by atoms with E-state index in [-0.39, 0.29) is 0 Å². The molecule has 0 radical (unpaired) electrons. The summed E-state index contributed by atoms with van der Waals surface area (Å²) in [5.74, 6) is 0.279. The van der Waals surface area contributed by atoms with E-state index in [0.717, 1.165) is 24.6 Å². The monoisotopic (exact) mass is 390 g/mol. The Morgan fingerprint density at radius 3 is 2.63 bits per heavy atom. The summed E-state index contributed by atoms with van der Waals surface area (Å²) < 4.78 is 7.40. The first-order chi connectivity index (χ1) is 13.0. The molecular weight excluding hydrogens is 368 g/mol. The van der Waals surface area contributed by atoms with Gasteiger partial charge in [-0.2, -0.15) is 0 Å². The van der Waals surface area contributed by atoms with Crippen molar-refractivity contribution in [3.63, 3.8) is 0 Å². The molecule has 2 heterocycles. The number of hydrogen-bond acceptors (Lipinski definition) is 7. The average molecular weight is 390 g/mol. The van der Waals surface area contributed by atoms with E-state index in [0.29, 0.717) is 24.9 Å². The number of nitrogens with zero attached hydrogens (tertiary/aromatic N) is 4. The van der Waals surface area contributed by atoms with Gasteiger partial charge in [0.1, 0.15) is 0 Å². The van der Waals surface area contributed by atoms with E-state index >= 15 is 0 Å². The molecular formula is C17H22N6O3S. The van der Waals surface area contributed by atoms with E-state index in [1.807, 2.05) is 34.9 Å². The number of amides is 3. The van der Waals surface area contributed by atoms with Gasteiger partial charge in [0.15, 0.2) is 5.16 Å². The molecule has 0 spiro atoms. The number of primary amides is 1. The lowest BCUT2D eigenvalue weighted by atomic mass is 10.2. The standard InChI is InChI=1S/C17H22N6O3S/c1-12(14(24)19-15(18)25)27-17-21-20-16(22-7-9-26-10-8-22)23(17)11-13-5-3-2-4-6-13/h2-6,12H,7-11H2,1H3,(H3,18,19,24,25)/t12-/m0/s1. The Bertz CT molecular complexity index is 791. The molecule has 9 nitrogen and oxygen atoms in total. The fourth-order valence-corrected chi connectivity index (χ4v) is 3.55. The van der Waals surface area contributed by atoms with Gasteiger partial charge in [-0.05, 0) is 12.5 Å². The largest absolute Gasteiger partial charge is 0.378 e. The van der Waals surface area contributed by atoms with Crippen molar-refractivity contribution in [3.8, 4) is 0 Å². The number of imide groups is 1. The highest BCUT2D eigenvalue weighted by molar-refractivity contribution is 8.00. The molecule has 0 unspecified atom stereocenters. The van der Waals surface area contributed by atoms with Crippen molar-refractivity contribution >= 4 is 29.6 Å². The minimum Gasteiger partial charge on any atom is -0.378 e. The number of nitrogens with one attached hydrogen (secondary N) is 1. The number of aromatic nitrogens is 3. The van der Waals surface area contributed by atoms with Gasteiger partial charge in [-0.25, -0.2) is 4.79 Å². The lowest BCUT2D eigenvalue weighted by molar-refractivity contribution is -0.119. The topological polar surface area (TPSA) is 115 Å². The third-order valence-electron chi connectivity index (χ3n) is 4.07. The number of urea groups is 1. The van der Waals surface area contributed by atoms with Crippen LogP contribution < -0.4 is 16.0 Å². The van der Waals surface area contributed by atoms with Gasteiger partial charge in [-0.3, -0.25) is 14.7 Å². The van der Waals surface area contributed by atoms with Crippen molar-refractivity contribution < 1.29 is 14.3 Å². The third-order valence-corrected chi connectivity index (χ3v) is 5.15. The molecule has 10 heteroatoms. The zero-order valence-electron chi connectivity index (χ0n) is 15.0. The van der Waals surface area contributed by atoms with Gasteiger partial charge in [0.2, 0.25) is 11.9 Å². The normalized spacial score (nSPS) is 15.4. The van der Waals surface area contributed by atoms with Crippen LogP contribution in [0.4, 0.5) is 10.7 Å². The lowest BCUT2D eigenvalue weighted by Crippen LogP contribution is -2.39. The highest BCUT2D eigenvalue weighted by atomic mass is 32.2. The van der Waals surface area contributed by atoms with Gasteiger partial charge in [-0.1, -0.05) is 42.1 Å². The van der Waals surface area contributed by atoms with Crippen LogP contribution in [0.5, 0.6) is 0 Å². The highest BCUT2D eigenvalue weighted by Gasteiger charge is 2.24. The molecule has 3 rings (SSSR count). The van der Waals surface area contributed by atoms with Crippen LogP contribution in [0.1, 0.15) is 12.5 Å². The minimum absolute atomic E-state index is 0.463. The first kappa shape index (κ1) is 19.2. The smallest absolute Gasteiger partial charge is 0.318 e. The average Bonchev–Trinajstić information content (AvgIpc) is 3.05. The maximum absolute atomic E-state index is 12.0. The molecule has 3 N–H and O–H groups in total. The molecule has 1 aromatic heterocycles. The Hall–Kier alpha value is -2.59. The van der Waals surface area contributed by atoms with Gasteiger partial charge in [0, 0.05) is 13.1 Å². The number of benzene rings is 1. The van der Waals surface area contributed by atoms with Crippen LogP contribution in [0.15, 0.2) is 35.5 Å². The van der Waals surface area contributed by atoms with Gasteiger partial charge in [-0.15, -0.1) is 10.2 Å². The second-order valence-corrected chi connectivity index (χ2v) is 7.38. The summed E-state index contributed by atoms with van der Waals surface area (Å²) in [6.45, 7) is 5.01. The van der Waals surface area contributed by atoms with Crippen molar-refractivity contribution in [1.82, 2.24) is 20.1 Å². The number of hydrogen-bond donors (Lipinski definition) is 2. The Balaban J connectivity index is 1.85. The third kappa shape index (κ3) is 4.98. The maximum Gasteiger partial charge on any atom is 0.318 e. The summed E-state index contributed by atoms with van der Waals surface area (Å²) in [6.07, 6.45) is 0. The molecule has 1 atom stereocenters. The van der Waals surface area contributed by atoms with Gasteiger partial charge >= 0.3 is 6.03 Å². The molecule has 1 aromatic carbocycles. The molecule has 0 saturated carbocycles. The van der Waals surface area contributed by atoms with Crippen molar-refractivity contribution in [2.24, 2.45) is 5.73 Å². The number of nitrogens with two attached hydrogens (primary N) is 1. The van der Waals surface area contributed by atoms with Crippen LogP contribution in [-0.4, -0.2) is 58.3 Å². The molecule has 27 heavy (non-hydrogen) atoms. The molecule has 1 fully saturated rings. The number of thioether (sulfide) groups is 1. The Labute approximate surface area is 161 Å². The van der Waals surface area contributed by atoms with Crippen LogP contribution in [0.3, 0.4) is 0 Å². The summed E-state index contributed by atoms with van der Waals surface area (Å²) >= 11 is 1.24. The highest BCUT2D eigenvalue weighted by Crippen LogP contribution is 2.27. The predicted molar refractivity (Wildman–Crippen MR) is 102 cm³/mol. The Kier molecular flexibility index (Phi) is 6.30. The molecule has 3 amide bonds. The Morgan fingerprint density at radius 2 is 1.96 bits per heavy atom. The number of carbonyl (C=O) groups excluding carboxylic acids is 2. The van der Waals surface area contributed by atoms with Gasteiger partial charge in [0.25, 0.3) is 0 Å². The minimum atomic E-state index is -0.868. The first-order valence-corrected chi connectivity index (χ1v) is 9.49. The number of anilines is 1. The van der Waals surface area contributed by atoms with E-state index in [1.54, 1.807) is 6.92 Å². The molecule has 1 aliphatic heterocycles. The lowest BCUT2D eigenvalue weighted by Gasteiger charge is -2.28. The van der Waals surface area contributed by atoms with Crippen molar-refractivity contribution in [3.05, 3.63) is 35.9 Å². The summed E-state index contributed by atoms with van der Waals surface area (Å²) in [5.41, 5.74) is 6.13. The summed E-state index contributed by atoms with van der Waals surface area (Å²) in [4.78, 5) is 25.1. The number of carbonyl (C=O) groups is 2. The van der Waals surface area contributed by atoms with Crippen molar-refractivity contribution in [1.29, 1.82) is 0 Å². The predicted octanol–water partition coefficient (Wildman–Crippen LogP) is 0.838. The van der Waals surface area contributed by atoms with E-state index in [1.165, 1.54) is 11.8 Å². The van der Waals surface area contributed by atoms with E-state index in [4.69, 9.17) is 10.5 Å². The fraction of sp³-hybridized carbons (Fsp3) is 0.412. The zero-order valence-corrected chi connectivity index (χ0v) is 15.8. The van der Waals surface area contributed by atoms with E-state index in [2.05, 4.69) is 20.4 Å². The Morgan fingerprint density at radius 1 is 1.26 bits per heavy atom. The van der Waals surface area contributed by atoms with Gasteiger partial charge in [0.05, 0.1) is 25.0 Å². The van der Waals surface area contributed by atoms with Crippen LogP contribution in [0.2, 0.25) is 0 Å². The molecule has 1 saturated heterocycles. The second kappa shape index (κ2) is 8.87. The summed E-state index contributed by atoms with van der Waals surface area (Å²) in [5, 5.41) is 10.8. The van der Waals surface area contributed by atoms with Crippen molar-refractivity contribution in [2.75, 3.05) is 31.2 Å². The van der Waals surface area contributed by atoms with E-state index in [9.17, 15) is 9.59 Å². The quantitative estimate of drug-likeness (QED) is 0.702. The second-order valence-electron chi connectivity index (χ2n) is 6.07. The SMILES string of the molecule is C[C@H](Sc1nnc(N2CCOCC2)n1Cc1ccccc1)C(=O)NC(N)=O. The van der Waals surface area contributed by atoms with Crippen LogP contribution in [0, 0.1) is 0 Å². The van der Waals surface area contributed by atoms with Crippen LogP contribution in [0.25, 0.3) is 0 Å². The molecule has 2 aromatic rings. The molecule has 0 aliphatic carbocycles. The zero-order chi connectivity index (χ0) is 19.2. The molecule has 0 bridgehead atoms. The fourth-order valence-electron chi connectivity index (χ4n) is 2.70. The van der Waals surface area contributed by atoms with Crippen molar-refractivity contribution in [2.45, 2.75) is 23.9 Å². The molecule has 144 valence electrons. The summed E-state index contributed by atoms with van der Waals surface area (Å²) in [7, 11) is 0. The number of ether oxygens (including phenoxy) is 1. The van der Waals surface area contributed by atoms with Crippen LogP contribution >= 0.6 is 11.8 Å². The first-order valence-electron chi connectivity index (χ1n) is 8.61. The van der Waals surface area contributed by atoms with Crippen LogP contribution in [-0.2, 0) is 16.1 Å². The number of rotatable bonds is 6. The van der Waals surface area contributed by atoms with E-state index < -0.39 is 17.2 Å². The maximum atomic E-state index is 12.0. The molecule has 1 aliphatic rings. The summed E-state index contributed by atoms with van der Waals surface area (Å²) in [6, 6.07) is 9.10. The number of morpholine rings is 1. The van der Waals surface area contributed by atoms with Gasteiger partial charge < -0.3 is 15.4 Å².